The lowest BCUT2D eigenvalue weighted by Crippen LogP contribution is -2.57. The lowest BCUT2D eigenvalue weighted by Gasteiger charge is -2.54. The molecule has 0 aromatic heterocycles. The van der Waals surface area contributed by atoms with Crippen LogP contribution in [0.2, 0.25) is 0 Å². The van der Waals surface area contributed by atoms with Crippen molar-refractivity contribution in [2.24, 2.45) is 23.7 Å². The summed E-state index contributed by atoms with van der Waals surface area (Å²) in [4.78, 5) is 15.3. The summed E-state index contributed by atoms with van der Waals surface area (Å²) in [6, 6.07) is 9.43. The van der Waals surface area contributed by atoms with Crippen molar-refractivity contribution < 1.29 is 4.79 Å². The summed E-state index contributed by atoms with van der Waals surface area (Å²) in [5.74, 6) is 3.75. The highest BCUT2D eigenvalue weighted by atomic mass is 16.2. The summed E-state index contributed by atoms with van der Waals surface area (Å²) in [6.45, 7) is 4.73. The molecule has 4 nitrogen and oxygen atoms in total. The van der Waals surface area contributed by atoms with Gasteiger partial charge < -0.3 is 10.6 Å². The molecule has 0 radical (unpaired) electrons. The van der Waals surface area contributed by atoms with Crippen molar-refractivity contribution in [3.8, 4) is 0 Å². The molecule has 156 valence electrons. The summed E-state index contributed by atoms with van der Waals surface area (Å²) in [7, 11) is 0. The van der Waals surface area contributed by atoms with Crippen molar-refractivity contribution in [1.29, 1.82) is 0 Å². The predicted molar refractivity (Wildman–Crippen MR) is 114 cm³/mol. The Kier molecular flexibility index (Phi) is 4.50. The average Bonchev–Trinajstić information content (AvgIpc) is 2.72. The fraction of sp³-hybridized carbons (Fsp3) is 0.720. The van der Waals surface area contributed by atoms with E-state index in [4.69, 9.17) is 0 Å². The van der Waals surface area contributed by atoms with Gasteiger partial charge in [-0.2, -0.15) is 0 Å². The lowest BCUT2D eigenvalue weighted by molar-refractivity contribution is -0.126. The Labute approximate surface area is 174 Å². The molecule has 4 bridgehead atoms. The number of rotatable bonds is 3. The molecular weight excluding hydrogens is 358 g/mol. The maximum atomic E-state index is 12.9. The SMILES string of the molecule is O=C(CN1CCC2(CC1)CNCc1ccccc12)NC1C2CC3CC(C2)CC1C3. The zero-order valence-electron chi connectivity index (χ0n) is 17.5. The highest BCUT2D eigenvalue weighted by molar-refractivity contribution is 5.78. The number of piperidine rings is 1. The molecule has 4 saturated carbocycles. The number of fused-ring (bicyclic) bond motifs is 2. The molecule has 4 heteroatoms. The van der Waals surface area contributed by atoms with Crippen molar-refractivity contribution in [3.63, 3.8) is 0 Å². The summed E-state index contributed by atoms with van der Waals surface area (Å²) in [5.41, 5.74) is 3.28. The summed E-state index contributed by atoms with van der Waals surface area (Å²) < 4.78 is 0. The Hall–Kier alpha value is -1.39. The number of hydrogen-bond acceptors (Lipinski definition) is 3. The van der Waals surface area contributed by atoms with Crippen molar-refractivity contribution in [1.82, 2.24) is 15.5 Å². The molecule has 4 aliphatic carbocycles. The van der Waals surface area contributed by atoms with Gasteiger partial charge in [0, 0.05) is 24.5 Å². The van der Waals surface area contributed by atoms with Crippen molar-refractivity contribution in [2.45, 2.75) is 62.9 Å². The number of nitrogens with one attached hydrogen (secondary N) is 2. The van der Waals surface area contributed by atoms with Crippen molar-refractivity contribution >= 4 is 5.91 Å². The van der Waals surface area contributed by atoms with Crippen LogP contribution in [-0.4, -0.2) is 43.0 Å². The number of carbonyl (C=O) groups is 1. The van der Waals surface area contributed by atoms with Crippen LogP contribution in [0.25, 0.3) is 0 Å². The Bertz CT molecular complexity index is 754. The van der Waals surface area contributed by atoms with Gasteiger partial charge in [-0.25, -0.2) is 0 Å². The second-order valence-corrected chi connectivity index (χ2v) is 10.8. The van der Waals surface area contributed by atoms with E-state index in [1.807, 2.05) is 0 Å². The van der Waals surface area contributed by atoms with Crippen LogP contribution in [0, 0.1) is 23.7 Å². The van der Waals surface area contributed by atoms with E-state index in [9.17, 15) is 4.79 Å². The summed E-state index contributed by atoms with van der Waals surface area (Å²) in [5, 5.41) is 7.15. The van der Waals surface area contributed by atoms with Gasteiger partial charge in [0.2, 0.25) is 5.91 Å². The van der Waals surface area contributed by atoms with Crippen LogP contribution >= 0.6 is 0 Å². The maximum Gasteiger partial charge on any atom is 0.234 e. The molecule has 1 amide bonds. The molecule has 2 aliphatic heterocycles. The highest BCUT2D eigenvalue weighted by Gasteiger charge is 2.48. The van der Waals surface area contributed by atoms with Crippen LogP contribution in [-0.2, 0) is 16.8 Å². The Morgan fingerprint density at radius 2 is 1.72 bits per heavy atom. The first-order valence-corrected chi connectivity index (χ1v) is 12.0. The van der Waals surface area contributed by atoms with Crippen LogP contribution < -0.4 is 10.6 Å². The van der Waals surface area contributed by atoms with E-state index in [1.54, 1.807) is 5.56 Å². The Balaban J connectivity index is 1.06. The fourth-order valence-electron chi connectivity index (χ4n) is 7.90. The third-order valence-corrected chi connectivity index (χ3v) is 9.10. The largest absolute Gasteiger partial charge is 0.352 e. The second-order valence-electron chi connectivity index (χ2n) is 10.8. The van der Waals surface area contributed by atoms with Gasteiger partial charge in [0.15, 0.2) is 0 Å². The molecule has 6 aliphatic rings. The van der Waals surface area contributed by atoms with Gasteiger partial charge in [-0.05, 0) is 92.8 Å². The smallest absolute Gasteiger partial charge is 0.234 e. The van der Waals surface area contributed by atoms with Crippen LogP contribution in [0.3, 0.4) is 0 Å². The number of likely N-dealkylation sites (tertiary alicyclic amines) is 1. The molecular formula is C25H35N3O. The van der Waals surface area contributed by atoms with Crippen LogP contribution in [0.5, 0.6) is 0 Å². The minimum atomic E-state index is 0.267. The van der Waals surface area contributed by atoms with Crippen LogP contribution in [0.15, 0.2) is 24.3 Å². The van der Waals surface area contributed by atoms with Gasteiger partial charge in [-0.3, -0.25) is 9.69 Å². The van der Waals surface area contributed by atoms with E-state index in [0.29, 0.717) is 12.6 Å². The first-order valence-electron chi connectivity index (χ1n) is 12.0. The molecule has 2 heterocycles. The van der Waals surface area contributed by atoms with E-state index in [-0.39, 0.29) is 11.3 Å². The molecule has 1 saturated heterocycles. The van der Waals surface area contributed by atoms with Crippen molar-refractivity contribution in [2.75, 3.05) is 26.2 Å². The molecule has 1 spiro atoms. The predicted octanol–water partition coefficient (Wildman–Crippen LogP) is 3.06. The second kappa shape index (κ2) is 7.09. The molecule has 5 fully saturated rings. The molecule has 29 heavy (non-hydrogen) atoms. The minimum absolute atomic E-state index is 0.267. The molecule has 1 aromatic rings. The number of benzene rings is 1. The number of nitrogens with zero attached hydrogens (tertiary/aromatic N) is 1. The Morgan fingerprint density at radius 1 is 1.03 bits per heavy atom. The van der Waals surface area contributed by atoms with Crippen LogP contribution in [0.1, 0.15) is 56.1 Å². The van der Waals surface area contributed by atoms with E-state index >= 15 is 0 Å². The third kappa shape index (κ3) is 3.23. The minimum Gasteiger partial charge on any atom is -0.352 e. The van der Waals surface area contributed by atoms with E-state index in [0.717, 1.165) is 62.7 Å². The zero-order chi connectivity index (χ0) is 19.4. The van der Waals surface area contributed by atoms with E-state index in [2.05, 4.69) is 39.8 Å². The highest BCUT2D eigenvalue weighted by Crippen LogP contribution is 2.53. The zero-order valence-corrected chi connectivity index (χ0v) is 17.5. The monoisotopic (exact) mass is 393 g/mol. The van der Waals surface area contributed by atoms with Gasteiger partial charge in [0.1, 0.15) is 0 Å². The number of amides is 1. The van der Waals surface area contributed by atoms with Gasteiger partial charge in [0.05, 0.1) is 6.54 Å². The van der Waals surface area contributed by atoms with Gasteiger partial charge in [0.25, 0.3) is 0 Å². The first kappa shape index (κ1) is 18.4. The normalized spacial score (nSPS) is 37.4. The first-order chi connectivity index (χ1) is 14.2. The van der Waals surface area contributed by atoms with Crippen molar-refractivity contribution in [3.05, 3.63) is 35.4 Å². The number of hydrogen-bond donors (Lipinski definition) is 2. The van der Waals surface area contributed by atoms with E-state index < -0.39 is 0 Å². The Morgan fingerprint density at radius 3 is 2.45 bits per heavy atom. The third-order valence-electron chi connectivity index (χ3n) is 9.10. The van der Waals surface area contributed by atoms with Gasteiger partial charge in [-0.1, -0.05) is 24.3 Å². The fourth-order valence-corrected chi connectivity index (χ4v) is 7.90. The molecule has 0 atom stereocenters. The molecule has 7 rings (SSSR count). The average molecular weight is 394 g/mol. The quantitative estimate of drug-likeness (QED) is 0.830. The summed E-state index contributed by atoms with van der Waals surface area (Å²) in [6.07, 6.45) is 9.27. The topological polar surface area (TPSA) is 44.4 Å². The van der Waals surface area contributed by atoms with Gasteiger partial charge in [-0.15, -0.1) is 0 Å². The van der Waals surface area contributed by atoms with Crippen LogP contribution in [0.4, 0.5) is 0 Å². The summed E-state index contributed by atoms with van der Waals surface area (Å²) >= 11 is 0. The molecule has 0 unspecified atom stereocenters. The molecule has 2 N–H and O–H groups in total. The maximum absolute atomic E-state index is 12.9. The molecule has 1 aromatic carbocycles. The lowest BCUT2D eigenvalue weighted by atomic mass is 9.54. The van der Waals surface area contributed by atoms with E-state index in [1.165, 1.54) is 37.7 Å². The van der Waals surface area contributed by atoms with Gasteiger partial charge >= 0.3 is 0 Å². The standard InChI is InChI=1S/C25H35N3O/c29-23(27-24-20-10-17-9-18(12-20)13-21(24)11-17)15-28-7-5-25(6-8-28)16-26-14-19-3-1-2-4-22(19)25/h1-4,17-18,20-21,24,26H,5-16H2,(H,27,29). The number of carbonyl (C=O) groups excluding carboxylic acids is 1.